The lowest BCUT2D eigenvalue weighted by Crippen LogP contribution is -2.23. The first-order chi connectivity index (χ1) is 10.2. The number of methoxy groups -OCH3 is 2. The average Bonchev–Trinajstić information content (AvgIpc) is 2.52. The molecule has 2 aromatic rings. The van der Waals surface area contributed by atoms with Crippen molar-refractivity contribution in [3.05, 3.63) is 52.8 Å². The zero-order valence-electron chi connectivity index (χ0n) is 11.7. The van der Waals surface area contributed by atoms with Crippen molar-refractivity contribution in [2.75, 3.05) is 14.2 Å². The van der Waals surface area contributed by atoms with Crippen LogP contribution in [0.2, 0.25) is 5.02 Å². The molecule has 0 fully saturated rings. The van der Waals surface area contributed by atoms with Gasteiger partial charge in [-0.25, -0.2) is 0 Å². The third-order valence-corrected chi connectivity index (χ3v) is 3.25. The lowest BCUT2D eigenvalue weighted by Gasteiger charge is -2.11. The molecule has 0 saturated heterocycles. The SMILES string of the molecule is COc1ccc(OC)c(CNC(=O)c2ccncc2Cl)c1. The molecule has 1 N–H and O–H groups in total. The maximum Gasteiger partial charge on any atom is 0.253 e. The smallest absolute Gasteiger partial charge is 0.253 e. The summed E-state index contributed by atoms with van der Waals surface area (Å²) in [4.78, 5) is 15.9. The number of nitrogens with zero attached hydrogens (tertiary/aromatic N) is 1. The van der Waals surface area contributed by atoms with Gasteiger partial charge in [0.15, 0.2) is 0 Å². The Balaban J connectivity index is 2.12. The van der Waals surface area contributed by atoms with E-state index >= 15 is 0 Å². The topological polar surface area (TPSA) is 60.5 Å². The number of halogens is 1. The number of hydrogen-bond donors (Lipinski definition) is 1. The van der Waals surface area contributed by atoms with Crippen molar-refractivity contribution in [3.63, 3.8) is 0 Å². The van der Waals surface area contributed by atoms with Crippen LogP contribution in [0.25, 0.3) is 0 Å². The van der Waals surface area contributed by atoms with Crippen LogP contribution >= 0.6 is 11.6 Å². The summed E-state index contributed by atoms with van der Waals surface area (Å²) >= 11 is 5.94. The highest BCUT2D eigenvalue weighted by Crippen LogP contribution is 2.24. The fraction of sp³-hybridized carbons (Fsp3) is 0.200. The molecule has 0 spiro atoms. The second-order valence-corrected chi connectivity index (χ2v) is 4.62. The molecule has 2 rings (SSSR count). The Morgan fingerprint density at radius 1 is 1.29 bits per heavy atom. The molecule has 0 atom stereocenters. The van der Waals surface area contributed by atoms with Crippen LogP contribution in [0.1, 0.15) is 15.9 Å². The first-order valence-corrected chi connectivity index (χ1v) is 6.62. The van der Waals surface area contributed by atoms with Crippen LogP contribution in [0, 0.1) is 0 Å². The van der Waals surface area contributed by atoms with Crippen LogP contribution in [-0.4, -0.2) is 25.1 Å². The summed E-state index contributed by atoms with van der Waals surface area (Å²) in [6, 6.07) is 6.97. The van der Waals surface area contributed by atoms with E-state index in [0.717, 1.165) is 5.56 Å². The minimum atomic E-state index is -0.271. The summed E-state index contributed by atoms with van der Waals surface area (Å²) < 4.78 is 10.4. The van der Waals surface area contributed by atoms with Gasteiger partial charge in [0.05, 0.1) is 24.8 Å². The van der Waals surface area contributed by atoms with E-state index < -0.39 is 0 Å². The molecule has 0 aliphatic rings. The van der Waals surface area contributed by atoms with Crippen molar-refractivity contribution in [2.24, 2.45) is 0 Å². The van der Waals surface area contributed by atoms with Crippen molar-refractivity contribution < 1.29 is 14.3 Å². The molecule has 0 aliphatic heterocycles. The molecule has 0 aliphatic carbocycles. The highest BCUT2D eigenvalue weighted by Gasteiger charge is 2.11. The molecule has 1 aromatic carbocycles. The first-order valence-electron chi connectivity index (χ1n) is 6.24. The summed E-state index contributed by atoms with van der Waals surface area (Å²) in [6.07, 6.45) is 2.95. The van der Waals surface area contributed by atoms with Crippen molar-refractivity contribution in [1.29, 1.82) is 0 Å². The third kappa shape index (κ3) is 3.64. The van der Waals surface area contributed by atoms with Gasteiger partial charge in [-0.3, -0.25) is 9.78 Å². The number of nitrogens with one attached hydrogen (secondary N) is 1. The van der Waals surface area contributed by atoms with Crippen molar-refractivity contribution in [3.8, 4) is 11.5 Å². The molecule has 110 valence electrons. The lowest BCUT2D eigenvalue weighted by molar-refractivity contribution is 0.0950. The zero-order valence-corrected chi connectivity index (χ0v) is 12.5. The molecule has 5 nitrogen and oxygen atoms in total. The number of pyridine rings is 1. The molecule has 6 heteroatoms. The fourth-order valence-electron chi connectivity index (χ4n) is 1.85. The number of rotatable bonds is 5. The van der Waals surface area contributed by atoms with E-state index in [9.17, 15) is 4.79 Å². The second-order valence-electron chi connectivity index (χ2n) is 4.22. The lowest BCUT2D eigenvalue weighted by atomic mass is 10.1. The Hall–Kier alpha value is -2.27. The number of carbonyl (C=O) groups is 1. The predicted octanol–water partition coefficient (Wildman–Crippen LogP) is 2.68. The van der Waals surface area contributed by atoms with Crippen LogP contribution in [0.5, 0.6) is 11.5 Å². The highest BCUT2D eigenvalue weighted by molar-refractivity contribution is 6.33. The maximum absolute atomic E-state index is 12.1. The Labute approximate surface area is 127 Å². The Kier molecular flexibility index (Phi) is 5.00. The second kappa shape index (κ2) is 6.95. The van der Waals surface area contributed by atoms with Crippen LogP contribution in [-0.2, 0) is 6.54 Å². The molecule has 0 bridgehead atoms. The van der Waals surface area contributed by atoms with Gasteiger partial charge in [-0.2, -0.15) is 0 Å². The maximum atomic E-state index is 12.1. The van der Waals surface area contributed by atoms with Gasteiger partial charge in [-0.1, -0.05) is 11.6 Å². The van der Waals surface area contributed by atoms with Crippen molar-refractivity contribution >= 4 is 17.5 Å². The molecule has 21 heavy (non-hydrogen) atoms. The van der Waals surface area contributed by atoms with E-state index in [0.29, 0.717) is 28.6 Å². The molecule has 1 aromatic heterocycles. The van der Waals surface area contributed by atoms with Crippen LogP contribution in [0.4, 0.5) is 0 Å². The van der Waals surface area contributed by atoms with Gasteiger partial charge in [0.25, 0.3) is 5.91 Å². The summed E-state index contributed by atoms with van der Waals surface area (Å²) in [7, 11) is 3.16. The minimum absolute atomic E-state index is 0.271. The molecule has 0 saturated carbocycles. The first kappa shape index (κ1) is 15.1. The van der Waals surface area contributed by atoms with Gasteiger partial charge >= 0.3 is 0 Å². The van der Waals surface area contributed by atoms with Gasteiger partial charge in [-0.15, -0.1) is 0 Å². The number of ether oxygens (including phenoxy) is 2. The van der Waals surface area contributed by atoms with Crippen molar-refractivity contribution in [1.82, 2.24) is 10.3 Å². The molecule has 0 unspecified atom stereocenters. The molecular formula is C15H15ClN2O3. The third-order valence-electron chi connectivity index (χ3n) is 2.94. The van der Waals surface area contributed by atoms with Gasteiger partial charge in [0.2, 0.25) is 0 Å². The Morgan fingerprint density at radius 3 is 2.76 bits per heavy atom. The molecule has 1 heterocycles. The van der Waals surface area contributed by atoms with E-state index in [-0.39, 0.29) is 5.91 Å². The minimum Gasteiger partial charge on any atom is -0.497 e. The van der Waals surface area contributed by atoms with E-state index in [1.807, 2.05) is 6.07 Å². The van der Waals surface area contributed by atoms with Crippen LogP contribution < -0.4 is 14.8 Å². The summed E-state index contributed by atoms with van der Waals surface area (Å²) in [5.74, 6) is 1.10. The quantitative estimate of drug-likeness (QED) is 0.922. The predicted molar refractivity (Wildman–Crippen MR) is 80.0 cm³/mol. The van der Waals surface area contributed by atoms with Gasteiger partial charge in [0, 0.05) is 24.5 Å². The zero-order chi connectivity index (χ0) is 15.2. The highest BCUT2D eigenvalue weighted by atomic mass is 35.5. The van der Waals surface area contributed by atoms with Crippen LogP contribution in [0.15, 0.2) is 36.7 Å². The van der Waals surface area contributed by atoms with Gasteiger partial charge < -0.3 is 14.8 Å². The number of amides is 1. The number of aromatic nitrogens is 1. The Morgan fingerprint density at radius 2 is 2.10 bits per heavy atom. The average molecular weight is 307 g/mol. The van der Waals surface area contributed by atoms with Crippen molar-refractivity contribution in [2.45, 2.75) is 6.54 Å². The molecular weight excluding hydrogens is 292 g/mol. The summed E-state index contributed by atoms with van der Waals surface area (Å²) in [6.45, 7) is 0.303. The number of benzene rings is 1. The molecule has 0 radical (unpaired) electrons. The van der Waals surface area contributed by atoms with E-state index in [1.54, 1.807) is 32.4 Å². The molecule has 1 amide bonds. The van der Waals surface area contributed by atoms with Gasteiger partial charge in [0.1, 0.15) is 11.5 Å². The Bertz CT molecular complexity index is 647. The summed E-state index contributed by atoms with van der Waals surface area (Å²) in [5, 5.41) is 3.11. The standard InChI is InChI=1S/C15H15ClN2O3/c1-20-11-3-4-14(21-2)10(7-11)8-18-15(19)12-5-6-17-9-13(12)16/h3-7,9H,8H2,1-2H3,(H,18,19). The van der Waals surface area contributed by atoms with E-state index in [4.69, 9.17) is 21.1 Å². The normalized spacial score (nSPS) is 10.0. The summed E-state index contributed by atoms with van der Waals surface area (Å²) in [5.41, 5.74) is 1.20. The van der Waals surface area contributed by atoms with E-state index in [2.05, 4.69) is 10.3 Å². The fourth-order valence-corrected chi connectivity index (χ4v) is 2.06. The van der Waals surface area contributed by atoms with E-state index in [1.165, 1.54) is 12.4 Å². The monoisotopic (exact) mass is 306 g/mol. The largest absolute Gasteiger partial charge is 0.497 e. The number of hydrogen-bond acceptors (Lipinski definition) is 4. The number of carbonyl (C=O) groups excluding carboxylic acids is 1. The van der Waals surface area contributed by atoms with Crippen LogP contribution in [0.3, 0.4) is 0 Å². The van der Waals surface area contributed by atoms with Gasteiger partial charge in [-0.05, 0) is 24.3 Å².